The lowest BCUT2D eigenvalue weighted by atomic mass is 9.90. The number of benzene rings is 1. The Balaban J connectivity index is 0.00000225. The first kappa shape index (κ1) is 19.7. The van der Waals surface area contributed by atoms with Crippen LogP contribution in [0.25, 0.3) is 0 Å². The molecule has 0 bridgehead atoms. The van der Waals surface area contributed by atoms with Gasteiger partial charge in [0.25, 0.3) is 0 Å². The zero-order chi connectivity index (χ0) is 17.2. The van der Waals surface area contributed by atoms with Crippen molar-refractivity contribution < 1.29 is 14.7 Å². The lowest BCUT2D eigenvalue weighted by molar-refractivity contribution is -0.145. The van der Waals surface area contributed by atoms with Crippen LogP contribution >= 0.6 is 13.5 Å². The van der Waals surface area contributed by atoms with Gasteiger partial charge in [-0.3, -0.25) is 14.5 Å². The van der Waals surface area contributed by atoms with Crippen molar-refractivity contribution >= 4 is 25.3 Å². The molecule has 2 heterocycles. The van der Waals surface area contributed by atoms with Crippen LogP contribution in [0.2, 0.25) is 0 Å². The molecular weight excluding hydrogens is 340 g/mol. The van der Waals surface area contributed by atoms with Crippen LogP contribution in [0.15, 0.2) is 30.3 Å². The molecule has 0 saturated carbocycles. The number of hydrogen-bond donors (Lipinski definition) is 3. The standard InChI is InChI=1S/C17H24N4O3.H2S/c18-14(11-22)15(23)20-8-9-21(10-13-4-2-1-3-5-13)17(12-20)6-7-19-16(17)24;/h1-5,14,22H,6-12,18H2,(H,19,24);1H2/t14-,17?;/m0./s1. The molecule has 7 nitrogen and oxygen atoms in total. The SMILES string of the molecule is N[C@@H](CO)C(=O)N1CCN(Cc2ccccc2)C2(CCNC2=O)C1.S. The van der Waals surface area contributed by atoms with E-state index in [1.807, 2.05) is 30.3 Å². The number of nitrogens with one attached hydrogen (secondary N) is 1. The lowest BCUT2D eigenvalue weighted by Crippen LogP contribution is -2.67. The second-order valence-corrected chi connectivity index (χ2v) is 6.49. The van der Waals surface area contributed by atoms with Gasteiger partial charge < -0.3 is 21.1 Å². The van der Waals surface area contributed by atoms with Crippen molar-refractivity contribution in [3.63, 3.8) is 0 Å². The number of carbonyl (C=O) groups excluding carboxylic acids is 2. The predicted molar refractivity (Wildman–Crippen MR) is 99.2 cm³/mol. The molecule has 4 N–H and O–H groups in total. The van der Waals surface area contributed by atoms with Crippen LogP contribution in [0.1, 0.15) is 12.0 Å². The summed E-state index contributed by atoms with van der Waals surface area (Å²) < 4.78 is 0. The molecule has 8 heteroatoms. The van der Waals surface area contributed by atoms with Crippen molar-refractivity contribution in [3.8, 4) is 0 Å². The monoisotopic (exact) mass is 366 g/mol. The maximum Gasteiger partial charge on any atom is 0.242 e. The molecule has 1 aromatic carbocycles. The highest BCUT2D eigenvalue weighted by Crippen LogP contribution is 2.30. The van der Waals surface area contributed by atoms with E-state index in [1.54, 1.807) is 4.90 Å². The van der Waals surface area contributed by atoms with Crippen LogP contribution in [0.5, 0.6) is 0 Å². The van der Waals surface area contributed by atoms with Gasteiger partial charge in [-0.1, -0.05) is 30.3 Å². The van der Waals surface area contributed by atoms with E-state index in [0.29, 0.717) is 39.1 Å². The minimum Gasteiger partial charge on any atom is -0.394 e. The van der Waals surface area contributed by atoms with Gasteiger partial charge in [0.05, 0.1) is 6.61 Å². The lowest BCUT2D eigenvalue weighted by Gasteiger charge is -2.47. The maximum atomic E-state index is 12.6. The molecule has 2 aliphatic rings. The van der Waals surface area contributed by atoms with Gasteiger partial charge in [-0.2, -0.15) is 13.5 Å². The fraction of sp³-hybridized carbons (Fsp3) is 0.529. The summed E-state index contributed by atoms with van der Waals surface area (Å²) in [5.41, 5.74) is 6.10. The number of carbonyl (C=O) groups is 2. The van der Waals surface area contributed by atoms with E-state index in [9.17, 15) is 9.59 Å². The zero-order valence-corrected chi connectivity index (χ0v) is 15.1. The minimum absolute atomic E-state index is 0. The number of nitrogens with two attached hydrogens (primary N) is 1. The third-order valence-corrected chi connectivity index (χ3v) is 4.99. The molecular formula is C17H26N4O3S. The van der Waals surface area contributed by atoms with Gasteiger partial charge in [0.15, 0.2) is 0 Å². The Morgan fingerprint density at radius 2 is 2.04 bits per heavy atom. The second kappa shape index (κ2) is 8.18. The molecule has 25 heavy (non-hydrogen) atoms. The third kappa shape index (κ3) is 3.82. The summed E-state index contributed by atoms with van der Waals surface area (Å²) in [5.74, 6) is -0.329. The van der Waals surface area contributed by atoms with Crippen molar-refractivity contribution in [1.82, 2.24) is 15.1 Å². The number of hydrogen-bond acceptors (Lipinski definition) is 5. The molecule has 2 amide bonds. The molecule has 2 atom stereocenters. The number of amides is 2. The van der Waals surface area contributed by atoms with Crippen LogP contribution in [-0.2, 0) is 16.1 Å². The number of rotatable bonds is 4. The van der Waals surface area contributed by atoms with Gasteiger partial charge in [0, 0.05) is 32.7 Å². The highest BCUT2D eigenvalue weighted by Gasteiger charge is 2.51. The van der Waals surface area contributed by atoms with E-state index in [4.69, 9.17) is 10.8 Å². The summed E-state index contributed by atoms with van der Waals surface area (Å²) >= 11 is 0. The molecule has 2 fully saturated rings. The van der Waals surface area contributed by atoms with Crippen LogP contribution in [0, 0.1) is 0 Å². The molecule has 1 unspecified atom stereocenters. The van der Waals surface area contributed by atoms with E-state index < -0.39 is 11.6 Å². The summed E-state index contributed by atoms with van der Waals surface area (Å²) in [6.07, 6.45) is 0.664. The van der Waals surface area contributed by atoms with Gasteiger partial charge in [-0.25, -0.2) is 0 Å². The number of aliphatic hydroxyl groups is 1. The summed E-state index contributed by atoms with van der Waals surface area (Å²) in [5, 5.41) is 12.0. The molecule has 2 aliphatic heterocycles. The average molecular weight is 366 g/mol. The number of aliphatic hydroxyl groups excluding tert-OH is 1. The van der Waals surface area contributed by atoms with Crippen LogP contribution in [0.4, 0.5) is 0 Å². The van der Waals surface area contributed by atoms with E-state index in [1.165, 1.54) is 0 Å². The zero-order valence-electron chi connectivity index (χ0n) is 14.1. The molecule has 0 aliphatic carbocycles. The van der Waals surface area contributed by atoms with Crippen LogP contribution < -0.4 is 11.1 Å². The normalized spacial score (nSPS) is 24.7. The Hall–Kier alpha value is -1.61. The average Bonchev–Trinajstić information content (AvgIpc) is 2.97. The minimum atomic E-state index is -0.924. The van der Waals surface area contributed by atoms with Gasteiger partial charge in [0.2, 0.25) is 11.8 Å². The van der Waals surface area contributed by atoms with Crippen LogP contribution in [-0.4, -0.2) is 71.1 Å². The summed E-state index contributed by atoms with van der Waals surface area (Å²) in [7, 11) is 0. The van der Waals surface area contributed by atoms with Crippen molar-refractivity contribution in [2.24, 2.45) is 5.73 Å². The fourth-order valence-corrected chi connectivity index (χ4v) is 3.60. The maximum absolute atomic E-state index is 12.6. The fourth-order valence-electron chi connectivity index (χ4n) is 3.60. The van der Waals surface area contributed by atoms with Crippen molar-refractivity contribution in [2.75, 3.05) is 32.8 Å². The topological polar surface area (TPSA) is 98.9 Å². The summed E-state index contributed by atoms with van der Waals surface area (Å²) in [4.78, 5) is 28.7. The smallest absolute Gasteiger partial charge is 0.242 e. The highest BCUT2D eigenvalue weighted by molar-refractivity contribution is 7.59. The number of nitrogens with zero attached hydrogens (tertiary/aromatic N) is 2. The van der Waals surface area contributed by atoms with Crippen molar-refractivity contribution in [2.45, 2.75) is 24.5 Å². The Morgan fingerprint density at radius 1 is 1.32 bits per heavy atom. The third-order valence-electron chi connectivity index (χ3n) is 4.99. The molecule has 2 saturated heterocycles. The largest absolute Gasteiger partial charge is 0.394 e. The van der Waals surface area contributed by atoms with E-state index in [2.05, 4.69) is 10.2 Å². The quantitative estimate of drug-likeness (QED) is 0.636. The first-order valence-electron chi connectivity index (χ1n) is 8.29. The van der Waals surface area contributed by atoms with Gasteiger partial charge >= 0.3 is 0 Å². The summed E-state index contributed by atoms with van der Waals surface area (Å²) in [6.45, 7) is 2.32. The molecule has 0 aromatic heterocycles. The summed E-state index contributed by atoms with van der Waals surface area (Å²) in [6, 6.07) is 9.09. The van der Waals surface area contributed by atoms with Gasteiger partial charge in [-0.15, -0.1) is 0 Å². The molecule has 1 aromatic rings. The molecule has 0 radical (unpaired) electrons. The second-order valence-electron chi connectivity index (χ2n) is 6.49. The predicted octanol–water partition coefficient (Wildman–Crippen LogP) is -0.978. The Bertz CT molecular complexity index is 615. The van der Waals surface area contributed by atoms with Crippen molar-refractivity contribution in [3.05, 3.63) is 35.9 Å². The Morgan fingerprint density at radius 3 is 2.64 bits per heavy atom. The molecule has 3 rings (SSSR count). The van der Waals surface area contributed by atoms with E-state index in [-0.39, 0.29) is 31.9 Å². The van der Waals surface area contributed by atoms with E-state index >= 15 is 0 Å². The number of piperazine rings is 1. The molecule has 138 valence electrons. The first-order chi connectivity index (χ1) is 11.6. The first-order valence-corrected chi connectivity index (χ1v) is 8.29. The Labute approximate surface area is 154 Å². The molecule has 1 spiro atoms. The van der Waals surface area contributed by atoms with Gasteiger partial charge in [-0.05, 0) is 12.0 Å². The van der Waals surface area contributed by atoms with Gasteiger partial charge in [0.1, 0.15) is 11.6 Å². The highest BCUT2D eigenvalue weighted by atomic mass is 32.1. The van der Waals surface area contributed by atoms with E-state index in [0.717, 1.165) is 5.56 Å². The van der Waals surface area contributed by atoms with Crippen LogP contribution in [0.3, 0.4) is 0 Å². The Kier molecular flexibility index (Phi) is 6.45. The van der Waals surface area contributed by atoms with Crippen molar-refractivity contribution in [1.29, 1.82) is 0 Å².